The molecular formula is C28H19O2. The summed E-state index contributed by atoms with van der Waals surface area (Å²) in [4.78, 5) is 0. The first-order valence-corrected chi connectivity index (χ1v) is 10.1. The second-order valence-corrected chi connectivity index (χ2v) is 7.76. The topological polar surface area (TPSA) is 29.5 Å². The lowest BCUT2D eigenvalue weighted by Crippen LogP contribution is -2.05. The van der Waals surface area contributed by atoms with E-state index in [-0.39, 0.29) is 5.75 Å². The minimum atomic E-state index is 0.285. The Hall–Kier alpha value is -3.78. The van der Waals surface area contributed by atoms with Crippen LogP contribution in [0.25, 0.3) is 21.5 Å². The third kappa shape index (κ3) is 2.65. The van der Waals surface area contributed by atoms with Gasteiger partial charge in [-0.25, -0.2) is 0 Å². The lowest BCUT2D eigenvalue weighted by Gasteiger charge is -2.24. The van der Waals surface area contributed by atoms with E-state index < -0.39 is 0 Å². The summed E-state index contributed by atoms with van der Waals surface area (Å²) in [6, 6.07) is 30.7. The van der Waals surface area contributed by atoms with Crippen LogP contribution in [0.5, 0.6) is 17.2 Å². The molecule has 1 N–H and O–H groups in total. The fourth-order valence-corrected chi connectivity index (χ4v) is 4.44. The van der Waals surface area contributed by atoms with Crippen molar-refractivity contribution < 1.29 is 9.84 Å². The Labute approximate surface area is 175 Å². The largest absolute Gasteiger partial charge is 0.508 e. The van der Waals surface area contributed by atoms with Gasteiger partial charge in [0.1, 0.15) is 17.2 Å². The van der Waals surface area contributed by atoms with Crippen LogP contribution < -0.4 is 4.74 Å². The van der Waals surface area contributed by atoms with Gasteiger partial charge in [-0.2, -0.15) is 0 Å². The van der Waals surface area contributed by atoms with Gasteiger partial charge >= 0.3 is 0 Å². The Morgan fingerprint density at radius 1 is 0.633 bits per heavy atom. The number of para-hydroxylation sites is 1. The van der Waals surface area contributed by atoms with Gasteiger partial charge in [0.15, 0.2) is 0 Å². The summed E-state index contributed by atoms with van der Waals surface area (Å²) in [6.07, 6.45) is 2.87. The average molecular weight is 387 g/mol. The van der Waals surface area contributed by atoms with Crippen LogP contribution in [0.4, 0.5) is 0 Å². The van der Waals surface area contributed by atoms with Crippen LogP contribution >= 0.6 is 0 Å². The molecule has 0 saturated carbocycles. The molecule has 143 valence electrons. The molecule has 0 saturated heterocycles. The van der Waals surface area contributed by atoms with Gasteiger partial charge < -0.3 is 9.84 Å². The van der Waals surface area contributed by atoms with Crippen molar-refractivity contribution in [3.05, 3.63) is 120 Å². The smallest absolute Gasteiger partial charge is 0.138 e. The van der Waals surface area contributed by atoms with E-state index in [2.05, 4.69) is 54.6 Å². The van der Waals surface area contributed by atoms with Crippen molar-refractivity contribution in [3.63, 3.8) is 0 Å². The first kappa shape index (κ1) is 17.1. The predicted molar refractivity (Wildman–Crippen MR) is 121 cm³/mol. The number of phenols is 1. The molecule has 0 amide bonds. The molecule has 1 radical (unpaired) electrons. The lowest BCUT2D eigenvalue weighted by atomic mass is 9.90. The van der Waals surface area contributed by atoms with Crippen molar-refractivity contribution in [3.8, 4) is 17.2 Å². The molecule has 0 aromatic heterocycles. The Morgan fingerprint density at radius 2 is 1.33 bits per heavy atom. The van der Waals surface area contributed by atoms with Crippen LogP contribution in [0, 0.1) is 6.42 Å². The molecule has 30 heavy (non-hydrogen) atoms. The molecule has 0 bridgehead atoms. The van der Waals surface area contributed by atoms with Gasteiger partial charge in [0.05, 0.1) is 0 Å². The zero-order valence-corrected chi connectivity index (χ0v) is 16.3. The van der Waals surface area contributed by atoms with Gasteiger partial charge in [-0.1, -0.05) is 84.9 Å². The zero-order valence-electron chi connectivity index (χ0n) is 16.3. The molecule has 1 aliphatic rings. The molecule has 6 rings (SSSR count). The fourth-order valence-electron chi connectivity index (χ4n) is 4.44. The molecule has 0 unspecified atom stereocenters. The second-order valence-electron chi connectivity index (χ2n) is 7.76. The summed E-state index contributed by atoms with van der Waals surface area (Å²) in [5.41, 5.74) is 4.26. The van der Waals surface area contributed by atoms with Crippen molar-refractivity contribution in [2.24, 2.45) is 0 Å². The molecule has 0 fully saturated rings. The number of benzene rings is 5. The minimum Gasteiger partial charge on any atom is -0.508 e. The second kappa shape index (κ2) is 6.64. The van der Waals surface area contributed by atoms with Crippen LogP contribution in [0.15, 0.2) is 91.0 Å². The molecule has 5 aromatic rings. The van der Waals surface area contributed by atoms with E-state index in [9.17, 15) is 5.11 Å². The first-order chi connectivity index (χ1) is 14.8. The Morgan fingerprint density at radius 3 is 2.20 bits per heavy atom. The third-order valence-electron chi connectivity index (χ3n) is 5.90. The number of aromatic hydroxyl groups is 1. The van der Waals surface area contributed by atoms with Gasteiger partial charge in [0.2, 0.25) is 0 Å². The van der Waals surface area contributed by atoms with Crippen molar-refractivity contribution in [1.29, 1.82) is 0 Å². The summed E-state index contributed by atoms with van der Waals surface area (Å²) >= 11 is 0. The van der Waals surface area contributed by atoms with E-state index >= 15 is 0 Å². The maximum Gasteiger partial charge on any atom is 0.138 e. The predicted octanol–water partition coefficient (Wildman–Crippen LogP) is 7.00. The summed E-state index contributed by atoms with van der Waals surface area (Å²) in [7, 11) is 0. The van der Waals surface area contributed by atoms with Gasteiger partial charge in [0.25, 0.3) is 0 Å². The zero-order chi connectivity index (χ0) is 20.1. The fraction of sp³-hybridized carbons (Fsp3) is 0.0357. The monoisotopic (exact) mass is 387 g/mol. The minimum absolute atomic E-state index is 0.285. The van der Waals surface area contributed by atoms with E-state index in [1.165, 1.54) is 10.9 Å². The maximum atomic E-state index is 10.3. The molecule has 1 aliphatic heterocycles. The quantitative estimate of drug-likeness (QED) is 0.347. The van der Waals surface area contributed by atoms with Gasteiger partial charge in [-0.3, -0.25) is 0 Å². The number of phenolic OH excluding ortho intramolecular Hbond substituents is 1. The van der Waals surface area contributed by atoms with Crippen molar-refractivity contribution in [2.75, 3.05) is 0 Å². The summed E-state index contributed by atoms with van der Waals surface area (Å²) in [5, 5.41) is 14.8. The first-order valence-electron chi connectivity index (χ1n) is 10.1. The van der Waals surface area contributed by atoms with E-state index in [4.69, 9.17) is 4.74 Å². The molecular weight excluding hydrogens is 368 g/mol. The van der Waals surface area contributed by atoms with Crippen LogP contribution in [0.1, 0.15) is 22.3 Å². The Bertz CT molecular complexity index is 1430. The molecule has 2 heteroatoms. The Kier molecular flexibility index (Phi) is 3.78. The van der Waals surface area contributed by atoms with E-state index in [1.807, 2.05) is 36.8 Å². The number of ether oxygens (including phenoxy) is 1. The highest BCUT2D eigenvalue weighted by molar-refractivity contribution is 5.96. The van der Waals surface area contributed by atoms with Crippen molar-refractivity contribution >= 4 is 21.5 Å². The van der Waals surface area contributed by atoms with Gasteiger partial charge in [0, 0.05) is 34.7 Å². The highest BCUT2D eigenvalue weighted by atomic mass is 16.5. The van der Waals surface area contributed by atoms with Gasteiger partial charge in [-0.15, -0.1) is 0 Å². The van der Waals surface area contributed by atoms with E-state index in [0.29, 0.717) is 0 Å². The van der Waals surface area contributed by atoms with E-state index in [1.54, 1.807) is 6.07 Å². The number of rotatable bonds is 2. The van der Waals surface area contributed by atoms with Crippen molar-refractivity contribution in [2.45, 2.75) is 6.42 Å². The number of hydrogen-bond acceptors (Lipinski definition) is 2. The van der Waals surface area contributed by atoms with Crippen LogP contribution in [0.3, 0.4) is 0 Å². The average Bonchev–Trinajstić information content (AvgIpc) is 2.79. The summed E-state index contributed by atoms with van der Waals surface area (Å²) in [5.74, 6) is 2.18. The highest BCUT2D eigenvalue weighted by Gasteiger charge is 2.23. The molecule has 0 spiro atoms. The van der Waals surface area contributed by atoms with Crippen molar-refractivity contribution in [1.82, 2.24) is 0 Å². The maximum absolute atomic E-state index is 10.3. The van der Waals surface area contributed by atoms with Crippen LogP contribution in [0.2, 0.25) is 0 Å². The lowest BCUT2D eigenvalue weighted by molar-refractivity contribution is 0.471. The highest BCUT2D eigenvalue weighted by Crippen LogP contribution is 2.45. The normalized spacial score (nSPS) is 12.4. The van der Waals surface area contributed by atoms with Crippen LogP contribution in [-0.4, -0.2) is 5.11 Å². The number of fused-ring (bicyclic) bond motifs is 6. The number of hydrogen-bond donors (Lipinski definition) is 1. The molecule has 1 heterocycles. The van der Waals surface area contributed by atoms with Crippen LogP contribution in [-0.2, 0) is 6.42 Å². The third-order valence-corrected chi connectivity index (χ3v) is 5.90. The Balaban J connectivity index is 1.54. The molecule has 5 aromatic carbocycles. The SMILES string of the molecule is Oc1ccccc1[CH]c1cc2c(c3ccccc13)Oc1c(ccc3ccccc13)C2. The molecule has 2 nitrogen and oxygen atoms in total. The standard InChI is InChI=1S/C28H19O2/c29-26-12-6-2-8-19(26)15-21-17-22-16-20-14-13-18-7-1-3-10-24(18)27(20)30-28(22)25-11-5-4-9-23(21)25/h1-15,17,29H,16H2. The molecule has 0 atom stereocenters. The molecule has 0 aliphatic carbocycles. The van der Waals surface area contributed by atoms with E-state index in [0.717, 1.165) is 50.8 Å². The summed E-state index contributed by atoms with van der Waals surface area (Å²) in [6.45, 7) is 0. The summed E-state index contributed by atoms with van der Waals surface area (Å²) < 4.78 is 6.57. The van der Waals surface area contributed by atoms with Gasteiger partial charge in [-0.05, 0) is 28.0 Å².